The van der Waals surface area contributed by atoms with Gasteiger partial charge in [0.15, 0.2) is 6.79 Å². The van der Waals surface area contributed by atoms with E-state index in [1.54, 1.807) is 24.3 Å². The average molecular weight is 866 g/mol. The first-order chi connectivity index (χ1) is 29.7. The summed E-state index contributed by atoms with van der Waals surface area (Å²) in [6.45, 7) is 15.8. The Bertz CT molecular complexity index is 2570. The number of fused-ring (bicyclic) bond motifs is 7. The van der Waals surface area contributed by atoms with Crippen molar-refractivity contribution < 1.29 is 37.3 Å². The molecule has 4 aliphatic rings. The largest absolute Gasteiger partial charge is 0.468 e. The average Bonchev–Trinajstić information content (AvgIpc) is 4.00. The summed E-state index contributed by atoms with van der Waals surface area (Å²) in [4.78, 5) is 28.4. The summed E-state index contributed by atoms with van der Waals surface area (Å²) in [7, 11) is -0.706. The maximum absolute atomic E-state index is 16.5. The van der Waals surface area contributed by atoms with Crippen LogP contribution in [0.3, 0.4) is 0 Å². The van der Waals surface area contributed by atoms with Crippen LogP contribution in [0.4, 0.5) is 19.4 Å². The molecule has 328 valence electrons. The molecule has 4 aliphatic heterocycles. The minimum Gasteiger partial charge on any atom is -0.468 e. The molecule has 4 fully saturated rings. The maximum Gasteiger partial charge on any atom is 0.407 e. The quantitative estimate of drug-likeness (QED) is 0.0782. The van der Waals surface area contributed by atoms with Crippen LogP contribution in [-0.4, -0.2) is 110 Å². The minimum atomic E-state index is -2.27. The third-order valence-electron chi connectivity index (χ3n) is 14.5. The van der Waals surface area contributed by atoms with E-state index in [0.29, 0.717) is 87.2 Å². The summed E-state index contributed by atoms with van der Waals surface area (Å²) in [5.74, 6) is 4.18. The zero-order valence-corrected chi connectivity index (χ0v) is 37.8. The minimum absolute atomic E-state index is 0.0133. The Morgan fingerprint density at radius 1 is 0.984 bits per heavy atom. The monoisotopic (exact) mass is 865 g/mol. The van der Waals surface area contributed by atoms with Crippen LogP contribution in [0.2, 0.25) is 16.6 Å². The lowest BCUT2D eigenvalue weighted by molar-refractivity contribution is 0.0512. The van der Waals surface area contributed by atoms with Gasteiger partial charge in [0.05, 0.1) is 40.4 Å². The number of amides is 1. The number of aromatic nitrogens is 2. The second kappa shape index (κ2) is 16.3. The Hall–Kier alpha value is -4.97. The molecular weight excluding hydrogens is 809 g/mol. The predicted molar refractivity (Wildman–Crippen MR) is 240 cm³/mol. The first-order valence-corrected chi connectivity index (χ1v) is 24.4. The summed E-state index contributed by atoms with van der Waals surface area (Å²) in [6.07, 6.45) is 3.53. The van der Waals surface area contributed by atoms with Gasteiger partial charge < -0.3 is 28.6 Å². The molecule has 6 heterocycles. The first-order valence-electron chi connectivity index (χ1n) is 22.2. The fourth-order valence-electron chi connectivity index (χ4n) is 11.8. The normalized spacial score (nSPS) is 22.7. The number of hydrogen-bond donors (Lipinski definition) is 1. The highest BCUT2D eigenvalue weighted by Crippen LogP contribution is 2.47. The van der Waals surface area contributed by atoms with Crippen molar-refractivity contribution in [2.24, 2.45) is 0 Å². The summed E-state index contributed by atoms with van der Waals surface area (Å²) >= 11 is 0. The zero-order chi connectivity index (χ0) is 43.7. The predicted octanol–water partition coefficient (Wildman–Crippen LogP) is 10.2. The number of ether oxygens (including phenoxy) is 3. The van der Waals surface area contributed by atoms with Crippen LogP contribution >= 0.6 is 0 Å². The number of alkyl halides is 1. The van der Waals surface area contributed by atoms with Gasteiger partial charge in [-0.1, -0.05) is 53.5 Å². The molecule has 0 aliphatic carbocycles. The van der Waals surface area contributed by atoms with Crippen molar-refractivity contribution in [3.63, 3.8) is 0 Å². The molecule has 2 aromatic heterocycles. The Morgan fingerprint density at radius 2 is 1.73 bits per heavy atom. The van der Waals surface area contributed by atoms with Gasteiger partial charge >= 0.3 is 12.1 Å². The summed E-state index contributed by atoms with van der Waals surface area (Å²) in [6, 6.07) is 10.7. The van der Waals surface area contributed by atoms with Gasteiger partial charge in [-0.05, 0) is 95.7 Å². The molecule has 0 spiro atoms. The molecule has 14 heteroatoms. The molecule has 1 N–H and O–H groups in total. The van der Waals surface area contributed by atoms with Gasteiger partial charge in [-0.2, -0.15) is 9.97 Å². The van der Waals surface area contributed by atoms with E-state index in [4.69, 9.17) is 28.6 Å². The van der Waals surface area contributed by atoms with Crippen molar-refractivity contribution in [3.05, 3.63) is 54.0 Å². The van der Waals surface area contributed by atoms with Gasteiger partial charge in [-0.25, -0.2) is 13.6 Å². The first kappa shape index (κ1) is 42.3. The van der Waals surface area contributed by atoms with Gasteiger partial charge in [0.25, 0.3) is 0 Å². The summed E-state index contributed by atoms with van der Waals surface area (Å²) in [5, 5.41) is 12.9. The highest BCUT2D eigenvalue weighted by atomic mass is 28.3. The van der Waals surface area contributed by atoms with Crippen molar-refractivity contribution in [2.75, 3.05) is 51.6 Å². The third-order valence-corrected chi connectivity index (χ3v) is 20.8. The number of piperazine rings is 1. The van der Waals surface area contributed by atoms with Crippen molar-refractivity contribution in [2.45, 2.75) is 114 Å². The number of nitrogens with zero attached hydrogens (tertiary/aromatic N) is 5. The molecule has 0 radical (unpaired) electrons. The SMILES string of the molecule is COCOc1cc(-c2cc3nc(OC[C@@]45CCCN4C[C@H](F)C5)nc(N4CC5CCC(C4)N5C(=O)O)c3c3occc23)c2c(C#C[Si](C(C)C)(C(C)C)C(C)C)c(F)ccc2c1. The number of carboxylic acid groups (broad SMARTS) is 1. The number of halogens is 2. The lowest BCUT2D eigenvalue weighted by Crippen LogP contribution is -2.55. The zero-order valence-electron chi connectivity index (χ0n) is 36.8. The lowest BCUT2D eigenvalue weighted by atomic mass is 9.91. The van der Waals surface area contributed by atoms with Crippen molar-refractivity contribution in [1.82, 2.24) is 19.8 Å². The lowest BCUT2D eigenvalue weighted by Gasteiger charge is -2.40. The molecule has 9 rings (SSSR count). The van der Waals surface area contributed by atoms with E-state index in [2.05, 4.69) is 62.8 Å². The van der Waals surface area contributed by atoms with Gasteiger partial charge in [-0.15, -0.1) is 5.54 Å². The number of anilines is 1. The molecule has 62 heavy (non-hydrogen) atoms. The second-order valence-corrected chi connectivity index (χ2v) is 24.4. The maximum atomic E-state index is 16.5. The van der Waals surface area contributed by atoms with Gasteiger partial charge in [0, 0.05) is 43.9 Å². The molecule has 0 saturated carbocycles. The summed E-state index contributed by atoms with van der Waals surface area (Å²) in [5.41, 5.74) is 7.21. The number of methoxy groups -OCH3 is 1. The second-order valence-electron chi connectivity index (χ2n) is 18.8. The van der Waals surface area contributed by atoms with E-state index < -0.39 is 31.7 Å². The molecule has 11 nitrogen and oxygen atoms in total. The van der Waals surface area contributed by atoms with Crippen molar-refractivity contribution >= 4 is 52.6 Å². The number of furan rings is 1. The Labute approximate surface area is 362 Å². The molecule has 4 atom stereocenters. The van der Waals surface area contributed by atoms with E-state index in [1.807, 2.05) is 24.3 Å². The van der Waals surface area contributed by atoms with Gasteiger partial charge in [0.1, 0.15) is 43.8 Å². The van der Waals surface area contributed by atoms with Crippen LogP contribution in [0.5, 0.6) is 11.8 Å². The summed E-state index contributed by atoms with van der Waals surface area (Å²) < 4.78 is 55.7. The van der Waals surface area contributed by atoms with E-state index in [9.17, 15) is 14.3 Å². The fourth-order valence-corrected chi connectivity index (χ4v) is 17.0. The van der Waals surface area contributed by atoms with Crippen LogP contribution in [0.1, 0.15) is 79.2 Å². The molecule has 2 unspecified atom stereocenters. The van der Waals surface area contributed by atoms with E-state index in [1.165, 1.54) is 6.07 Å². The number of carbonyl (C=O) groups is 1. The standard InChI is InChI=1S/C48H57F2N5O6Si/c1-28(2)62(29(3)4,30(5)6)18-14-37-40(50)12-9-31-19-35(61-27-58-7)20-39(42(31)37)38-21-41-43(44-36(38)13-17-59-44)45(53-24-33-10-11-34(25-53)55(33)47(56)57)52-46(51-41)60-26-48-15-8-16-54(48)23-32(49)22-48/h9,12-13,17,19-21,28-30,32-34H,8,10-11,15-16,22-27H2,1-7H3,(H,56,57)/t32-,33?,34?,48+/m1/s1. The van der Waals surface area contributed by atoms with Crippen LogP contribution < -0.4 is 14.4 Å². The highest BCUT2D eigenvalue weighted by Gasteiger charge is 2.50. The van der Waals surface area contributed by atoms with Gasteiger partial charge in [-0.3, -0.25) is 9.80 Å². The number of benzene rings is 3. The van der Waals surface area contributed by atoms with Crippen LogP contribution in [0.15, 0.2) is 47.1 Å². The Balaban J connectivity index is 1.26. The molecule has 4 saturated heterocycles. The van der Waals surface area contributed by atoms with Crippen LogP contribution in [-0.2, 0) is 4.74 Å². The number of hydrogen-bond acceptors (Lipinski definition) is 9. The van der Waals surface area contributed by atoms with E-state index in [0.717, 1.165) is 48.6 Å². The van der Waals surface area contributed by atoms with Crippen molar-refractivity contribution in [3.8, 4) is 34.4 Å². The smallest absolute Gasteiger partial charge is 0.407 e. The van der Waals surface area contributed by atoms with Crippen LogP contribution in [0, 0.1) is 17.3 Å². The third kappa shape index (κ3) is 7.04. The topological polar surface area (TPSA) is 114 Å². The molecule has 1 amide bonds. The molecule has 2 bridgehead atoms. The molecule has 3 aromatic carbocycles. The Kier molecular flexibility index (Phi) is 11.1. The van der Waals surface area contributed by atoms with Crippen LogP contribution in [0.25, 0.3) is 43.8 Å². The fraction of sp³-hybridized carbons (Fsp3) is 0.521. The van der Waals surface area contributed by atoms with E-state index in [-0.39, 0.29) is 31.5 Å². The molecule has 5 aromatic rings. The van der Waals surface area contributed by atoms with Gasteiger partial charge in [0.2, 0.25) is 0 Å². The molecular formula is C48H57F2N5O6Si. The highest BCUT2D eigenvalue weighted by molar-refractivity contribution is 6.90. The van der Waals surface area contributed by atoms with E-state index >= 15 is 4.39 Å². The van der Waals surface area contributed by atoms with Crippen molar-refractivity contribution in [1.29, 1.82) is 0 Å². The Morgan fingerprint density at radius 3 is 2.42 bits per heavy atom. The number of rotatable bonds is 11.